The average molecular weight is 485 g/mol. The molecule has 2 saturated heterocycles. The third kappa shape index (κ3) is 3.86. The van der Waals surface area contributed by atoms with Crippen molar-refractivity contribution < 1.29 is 32.6 Å². The number of nitrogens with zero attached hydrogens (tertiary/aromatic N) is 2. The molecule has 0 radical (unpaired) electrons. The van der Waals surface area contributed by atoms with Crippen molar-refractivity contribution in [2.24, 2.45) is 5.92 Å². The van der Waals surface area contributed by atoms with Gasteiger partial charge in [0, 0.05) is 13.1 Å². The summed E-state index contributed by atoms with van der Waals surface area (Å²) in [5.41, 5.74) is -0.650. The zero-order chi connectivity index (χ0) is 24.7. The summed E-state index contributed by atoms with van der Waals surface area (Å²) in [6.45, 7) is 2.62. The van der Waals surface area contributed by atoms with Crippen LogP contribution in [-0.4, -0.2) is 53.1 Å². The number of amides is 4. The lowest BCUT2D eigenvalue weighted by Gasteiger charge is -2.40. The molecule has 0 bridgehead atoms. The van der Waals surface area contributed by atoms with Gasteiger partial charge >= 0.3 is 6.03 Å². The van der Waals surface area contributed by atoms with Gasteiger partial charge in [-0.1, -0.05) is 19.1 Å². The molecular formula is C25H25F2N3O5. The fourth-order valence-corrected chi connectivity index (χ4v) is 5.23. The number of nitrogens with one attached hydrogen (secondary N) is 1. The van der Waals surface area contributed by atoms with Crippen LogP contribution in [0, 0.1) is 17.6 Å². The van der Waals surface area contributed by atoms with Gasteiger partial charge < -0.3 is 19.7 Å². The van der Waals surface area contributed by atoms with Gasteiger partial charge in [-0.05, 0) is 55.0 Å². The van der Waals surface area contributed by atoms with Gasteiger partial charge in [0.15, 0.2) is 23.1 Å². The maximum absolute atomic E-state index is 14.1. The Labute approximate surface area is 200 Å². The fourth-order valence-electron chi connectivity index (χ4n) is 5.23. The Bertz CT molecular complexity index is 1200. The fraction of sp³-hybridized carbons (Fsp3) is 0.400. The van der Waals surface area contributed by atoms with Crippen molar-refractivity contribution in [3.8, 4) is 11.5 Å². The molecule has 184 valence electrons. The van der Waals surface area contributed by atoms with Crippen molar-refractivity contribution in [2.45, 2.75) is 38.3 Å². The molecule has 0 saturated carbocycles. The van der Waals surface area contributed by atoms with Crippen LogP contribution in [0.5, 0.6) is 11.5 Å². The highest BCUT2D eigenvalue weighted by atomic mass is 19.2. The number of fused-ring (bicyclic) bond motifs is 1. The standard InChI is InChI=1S/C25H25F2N3O5/c1-2-25(16-8-10-29(11-9-16)22(31)17-4-3-5-18(26)21(17)27)23(32)30(24(33)28-25)13-15-6-7-19-20(12-15)35-14-34-19/h3-7,12,16H,2,8-11,13-14H2,1H3,(H,28,33). The molecule has 3 aliphatic rings. The highest BCUT2D eigenvalue weighted by Crippen LogP contribution is 2.38. The van der Waals surface area contributed by atoms with Gasteiger partial charge in [0.25, 0.3) is 11.8 Å². The number of imide groups is 1. The number of hydrogen-bond donors (Lipinski definition) is 1. The Balaban J connectivity index is 1.28. The van der Waals surface area contributed by atoms with Crippen molar-refractivity contribution in [3.63, 3.8) is 0 Å². The molecule has 2 aromatic rings. The summed E-state index contributed by atoms with van der Waals surface area (Å²) in [6.07, 6.45) is 1.28. The van der Waals surface area contributed by atoms with E-state index in [1.807, 2.05) is 6.92 Å². The van der Waals surface area contributed by atoms with Gasteiger partial charge in [-0.2, -0.15) is 0 Å². The number of ether oxygens (including phenoxy) is 2. The van der Waals surface area contributed by atoms with Crippen LogP contribution in [0.4, 0.5) is 13.6 Å². The number of benzene rings is 2. The van der Waals surface area contributed by atoms with Crippen molar-refractivity contribution in [2.75, 3.05) is 19.9 Å². The van der Waals surface area contributed by atoms with Gasteiger partial charge in [0.05, 0.1) is 12.1 Å². The molecule has 3 aliphatic heterocycles. The number of hydrogen-bond acceptors (Lipinski definition) is 5. The molecule has 0 aliphatic carbocycles. The lowest BCUT2D eigenvalue weighted by molar-refractivity contribution is -0.134. The molecular weight excluding hydrogens is 460 g/mol. The van der Waals surface area contributed by atoms with E-state index in [2.05, 4.69) is 5.32 Å². The van der Waals surface area contributed by atoms with Crippen LogP contribution in [-0.2, 0) is 11.3 Å². The number of rotatable bonds is 5. The Hall–Kier alpha value is -3.69. The first-order chi connectivity index (χ1) is 16.8. The van der Waals surface area contributed by atoms with E-state index in [0.717, 1.165) is 11.6 Å². The van der Waals surface area contributed by atoms with E-state index in [1.54, 1.807) is 18.2 Å². The summed E-state index contributed by atoms with van der Waals surface area (Å²) in [7, 11) is 0. The molecule has 2 fully saturated rings. The van der Waals surface area contributed by atoms with Crippen molar-refractivity contribution in [1.82, 2.24) is 15.1 Å². The molecule has 4 amide bonds. The van der Waals surface area contributed by atoms with Crippen LogP contribution >= 0.6 is 0 Å². The monoisotopic (exact) mass is 485 g/mol. The lowest BCUT2D eigenvalue weighted by Crippen LogP contribution is -2.56. The molecule has 3 heterocycles. The summed E-state index contributed by atoms with van der Waals surface area (Å²) in [4.78, 5) is 41.8. The van der Waals surface area contributed by atoms with Gasteiger partial charge in [-0.3, -0.25) is 14.5 Å². The summed E-state index contributed by atoms with van der Waals surface area (Å²) in [5.74, 6) is -2.14. The predicted octanol–water partition coefficient (Wildman–Crippen LogP) is 3.45. The van der Waals surface area contributed by atoms with Crippen LogP contribution in [0.3, 0.4) is 0 Å². The second-order valence-electron chi connectivity index (χ2n) is 9.00. The highest BCUT2D eigenvalue weighted by Gasteiger charge is 2.55. The third-order valence-corrected chi connectivity index (χ3v) is 7.20. The quantitative estimate of drug-likeness (QED) is 0.656. The van der Waals surface area contributed by atoms with Crippen LogP contribution in [0.25, 0.3) is 0 Å². The van der Waals surface area contributed by atoms with E-state index in [0.29, 0.717) is 30.8 Å². The van der Waals surface area contributed by atoms with E-state index < -0.39 is 29.1 Å². The minimum Gasteiger partial charge on any atom is -0.454 e. The molecule has 0 spiro atoms. The maximum Gasteiger partial charge on any atom is 0.325 e. The van der Waals surface area contributed by atoms with Gasteiger partial charge in [-0.15, -0.1) is 0 Å². The van der Waals surface area contributed by atoms with Crippen LogP contribution in [0.15, 0.2) is 36.4 Å². The van der Waals surface area contributed by atoms with Gasteiger partial charge in [-0.25, -0.2) is 13.6 Å². The van der Waals surface area contributed by atoms with Crippen molar-refractivity contribution in [1.29, 1.82) is 0 Å². The maximum atomic E-state index is 14.1. The smallest absolute Gasteiger partial charge is 0.325 e. The number of likely N-dealkylation sites (tertiary alicyclic amines) is 1. The second-order valence-corrected chi connectivity index (χ2v) is 9.00. The molecule has 2 aromatic carbocycles. The SMILES string of the molecule is CCC1(C2CCN(C(=O)c3cccc(F)c3F)CC2)NC(=O)N(Cc2ccc3c(c2)OCO3)C1=O. The predicted molar refractivity (Wildman–Crippen MR) is 120 cm³/mol. The summed E-state index contributed by atoms with van der Waals surface area (Å²) in [6, 6.07) is 8.35. The minimum absolute atomic E-state index is 0.0965. The Morgan fingerprint density at radius 1 is 1.11 bits per heavy atom. The molecule has 0 aromatic heterocycles. The summed E-state index contributed by atoms with van der Waals surface area (Å²) >= 11 is 0. The summed E-state index contributed by atoms with van der Waals surface area (Å²) < 4.78 is 38.4. The number of carbonyl (C=O) groups is 3. The first kappa shape index (κ1) is 23.1. The van der Waals surface area contributed by atoms with Crippen LogP contribution in [0.1, 0.15) is 42.1 Å². The number of piperidine rings is 1. The van der Waals surface area contributed by atoms with Gasteiger partial charge in [0.1, 0.15) is 5.54 Å². The third-order valence-electron chi connectivity index (χ3n) is 7.20. The largest absolute Gasteiger partial charge is 0.454 e. The van der Waals surface area contributed by atoms with E-state index in [-0.39, 0.29) is 43.8 Å². The van der Waals surface area contributed by atoms with Crippen molar-refractivity contribution >= 4 is 17.8 Å². The lowest BCUT2D eigenvalue weighted by atomic mass is 9.75. The van der Waals surface area contributed by atoms with Crippen molar-refractivity contribution in [3.05, 3.63) is 59.2 Å². The molecule has 1 unspecified atom stereocenters. The molecule has 35 heavy (non-hydrogen) atoms. The van der Waals surface area contributed by atoms with Crippen LogP contribution < -0.4 is 14.8 Å². The molecule has 8 nitrogen and oxygen atoms in total. The Kier molecular flexibility index (Phi) is 5.82. The molecule has 1 N–H and O–H groups in total. The highest BCUT2D eigenvalue weighted by molar-refractivity contribution is 6.07. The van der Waals surface area contributed by atoms with Crippen LogP contribution in [0.2, 0.25) is 0 Å². The Morgan fingerprint density at radius 2 is 1.86 bits per heavy atom. The second kappa shape index (κ2) is 8.83. The summed E-state index contributed by atoms with van der Waals surface area (Å²) in [5, 5.41) is 2.92. The number of carbonyl (C=O) groups excluding carboxylic acids is 3. The van der Waals surface area contributed by atoms with Gasteiger partial charge in [0.2, 0.25) is 6.79 Å². The van der Waals surface area contributed by atoms with E-state index >= 15 is 0 Å². The average Bonchev–Trinajstić information content (AvgIpc) is 3.43. The number of urea groups is 1. The first-order valence-electron chi connectivity index (χ1n) is 11.6. The minimum atomic E-state index is -1.16. The first-order valence-corrected chi connectivity index (χ1v) is 11.6. The topological polar surface area (TPSA) is 88.2 Å². The molecule has 10 heteroatoms. The molecule has 1 atom stereocenters. The van der Waals surface area contributed by atoms with E-state index in [1.165, 1.54) is 21.9 Å². The normalized spacial score (nSPS) is 22.0. The van der Waals surface area contributed by atoms with E-state index in [4.69, 9.17) is 9.47 Å². The zero-order valence-electron chi connectivity index (χ0n) is 19.2. The van der Waals surface area contributed by atoms with E-state index in [9.17, 15) is 23.2 Å². The molecule has 5 rings (SSSR count). The number of halogens is 2. The zero-order valence-corrected chi connectivity index (χ0v) is 19.2. The Morgan fingerprint density at radius 3 is 2.60 bits per heavy atom.